The van der Waals surface area contributed by atoms with Gasteiger partial charge in [0, 0.05) is 19.3 Å². The maximum absolute atomic E-state index is 12.6. The summed E-state index contributed by atoms with van der Waals surface area (Å²) in [6.45, 7) is 8.87. The molecule has 0 heterocycles. The van der Waals surface area contributed by atoms with E-state index in [1.807, 2.05) is 0 Å². The van der Waals surface area contributed by atoms with E-state index >= 15 is 0 Å². The fourth-order valence-corrected chi connectivity index (χ4v) is 5.53. The minimum Gasteiger partial charge on any atom is -0.462 e. The van der Waals surface area contributed by atoms with Crippen LogP contribution in [0.4, 0.5) is 0 Å². The molecule has 266 valence electrons. The van der Waals surface area contributed by atoms with Gasteiger partial charge in [0.1, 0.15) is 13.2 Å². The third-order valence-corrected chi connectivity index (χ3v) is 8.90. The molecule has 0 aliphatic heterocycles. The van der Waals surface area contributed by atoms with Crippen LogP contribution in [0.2, 0.25) is 0 Å². The van der Waals surface area contributed by atoms with Crippen LogP contribution in [0.3, 0.4) is 0 Å². The highest BCUT2D eigenvalue weighted by atomic mass is 16.6. The first-order valence-corrected chi connectivity index (χ1v) is 19.4. The smallest absolute Gasteiger partial charge is 0.306 e. The molecule has 0 fully saturated rings. The summed E-state index contributed by atoms with van der Waals surface area (Å²) < 4.78 is 16.5. The predicted molar refractivity (Wildman–Crippen MR) is 187 cm³/mol. The Labute approximate surface area is 278 Å². The molecular formula is C39H74O6. The molecular weight excluding hydrogens is 564 g/mol. The zero-order valence-corrected chi connectivity index (χ0v) is 30.3. The number of carbonyl (C=O) groups excluding carboxylic acids is 3. The molecule has 0 aromatic heterocycles. The minimum atomic E-state index is -0.756. The fraction of sp³-hybridized carbons (Fsp3) is 0.923. The van der Waals surface area contributed by atoms with Gasteiger partial charge < -0.3 is 14.2 Å². The lowest BCUT2D eigenvalue weighted by Gasteiger charge is -2.18. The highest BCUT2D eigenvalue weighted by Crippen LogP contribution is 2.16. The van der Waals surface area contributed by atoms with E-state index in [0.29, 0.717) is 19.3 Å². The topological polar surface area (TPSA) is 78.9 Å². The number of hydrogen-bond donors (Lipinski definition) is 0. The van der Waals surface area contributed by atoms with Gasteiger partial charge in [0.15, 0.2) is 6.10 Å². The molecule has 2 atom stereocenters. The molecule has 6 nitrogen and oxygen atoms in total. The van der Waals surface area contributed by atoms with Gasteiger partial charge in [0.2, 0.25) is 0 Å². The normalized spacial score (nSPS) is 12.5. The van der Waals surface area contributed by atoms with Crippen LogP contribution < -0.4 is 0 Å². The van der Waals surface area contributed by atoms with Crippen molar-refractivity contribution >= 4 is 17.9 Å². The highest BCUT2D eigenvalue weighted by Gasteiger charge is 2.19. The average molecular weight is 639 g/mol. The fourth-order valence-electron chi connectivity index (χ4n) is 5.53. The van der Waals surface area contributed by atoms with Gasteiger partial charge in [-0.3, -0.25) is 14.4 Å². The molecule has 0 rings (SSSR count). The molecule has 0 aliphatic carbocycles. The molecule has 0 N–H and O–H groups in total. The number of carbonyl (C=O) groups is 3. The van der Waals surface area contributed by atoms with Crippen LogP contribution in [-0.2, 0) is 28.6 Å². The summed E-state index contributed by atoms with van der Waals surface area (Å²) in [5, 5.41) is 0. The number of rotatable bonds is 34. The van der Waals surface area contributed by atoms with Crippen molar-refractivity contribution < 1.29 is 28.6 Å². The summed E-state index contributed by atoms with van der Waals surface area (Å²) in [5.41, 5.74) is 0. The SMILES string of the molecule is CCCCCCCCCCCCC(=O)OC[C@H](COC(=O)CCCCCCC)OC(=O)CCCCCCCCCCC(C)CC. The van der Waals surface area contributed by atoms with Crippen LogP contribution in [0.1, 0.15) is 207 Å². The van der Waals surface area contributed by atoms with Gasteiger partial charge in [-0.05, 0) is 25.2 Å². The van der Waals surface area contributed by atoms with E-state index in [9.17, 15) is 14.4 Å². The largest absolute Gasteiger partial charge is 0.462 e. The number of ether oxygens (including phenoxy) is 3. The predicted octanol–water partition coefficient (Wildman–Crippen LogP) is 11.6. The molecule has 0 aromatic rings. The van der Waals surface area contributed by atoms with Gasteiger partial charge in [-0.25, -0.2) is 0 Å². The van der Waals surface area contributed by atoms with Crippen molar-refractivity contribution in [3.8, 4) is 0 Å². The third-order valence-electron chi connectivity index (χ3n) is 8.90. The Kier molecular flexibility index (Phi) is 32.6. The van der Waals surface area contributed by atoms with Crippen molar-refractivity contribution in [2.24, 2.45) is 5.92 Å². The molecule has 0 saturated carbocycles. The van der Waals surface area contributed by atoms with Crippen LogP contribution in [0.25, 0.3) is 0 Å². The Hall–Kier alpha value is -1.59. The maximum Gasteiger partial charge on any atom is 0.306 e. The van der Waals surface area contributed by atoms with Crippen molar-refractivity contribution in [1.82, 2.24) is 0 Å². The second-order valence-electron chi connectivity index (χ2n) is 13.5. The van der Waals surface area contributed by atoms with Gasteiger partial charge in [-0.1, -0.05) is 169 Å². The molecule has 6 heteroatoms. The Morgan fingerprint density at radius 2 is 0.778 bits per heavy atom. The van der Waals surface area contributed by atoms with E-state index in [1.54, 1.807) is 0 Å². The number of hydrogen-bond acceptors (Lipinski definition) is 6. The zero-order valence-electron chi connectivity index (χ0n) is 30.3. The lowest BCUT2D eigenvalue weighted by atomic mass is 9.99. The van der Waals surface area contributed by atoms with E-state index in [0.717, 1.165) is 70.1 Å². The van der Waals surface area contributed by atoms with Gasteiger partial charge in [-0.2, -0.15) is 0 Å². The molecule has 0 radical (unpaired) electrons. The summed E-state index contributed by atoms with van der Waals surface area (Å²) in [7, 11) is 0. The van der Waals surface area contributed by atoms with Crippen molar-refractivity contribution in [2.75, 3.05) is 13.2 Å². The van der Waals surface area contributed by atoms with E-state index in [1.165, 1.54) is 96.3 Å². The Morgan fingerprint density at radius 3 is 1.16 bits per heavy atom. The standard InChI is InChI=1S/C39H74O6/c1-5-8-10-12-13-14-15-19-23-27-31-38(41)44-34-36(33-43-37(40)30-26-21-11-9-6-2)45-39(42)32-28-24-20-17-16-18-22-25-29-35(4)7-3/h35-36H,5-34H2,1-4H3/t35?,36-/m0/s1. The summed E-state index contributed by atoms with van der Waals surface area (Å²) in [6.07, 6.45) is 29.7. The Morgan fingerprint density at radius 1 is 0.444 bits per heavy atom. The van der Waals surface area contributed by atoms with Gasteiger partial charge in [0.05, 0.1) is 0 Å². The van der Waals surface area contributed by atoms with Crippen molar-refractivity contribution in [3.05, 3.63) is 0 Å². The average Bonchev–Trinajstić information content (AvgIpc) is 3.03. The van der Waals surface area contributed by atoms with Gasteiger partial charge in [-0.15, -0.1) is 0 Å². The van der Waals surface area contributed by atoms with E-state index in [4.69, 9.17) is 14.2 Å². The lowest BCUT2D eigenvalue weighted by Crippen LogP contribution is -2.30. The van der Waals surface area contributed by atoms with Gasteiger partial charge in [0.25, 0.3) is 0 Å². The van der Waals surface area contributed by atoms with Crippen LogP contribution in [0, 0.1) is 5.92 Å². The van der Waals surface area contributed by atoms with Crippen molar-refractivity contribution in [1.29, 1.82) is 0 Å². The first-order valence-electron chi connectivity index (χ1n) is 19.4. The van der Waals surface area contributed by atoms with Crippen molar-refractivity contribution in [3.63, 3.8) is 0 Å². The lowest BCUT2D eigenvalue weighted by molar-refractivity contribution is -0.167. The third kappa shape index (κ3) is 32.2. The van der Waals surface area contributed by atoms with Crippen LogP contribution in [0.5, 0.6) is 0 Å². The van der Waals surface area contributed by atoms with Crippen molar-refractivity contribution in [2.45, 2.75) is 214 Å². The van der Waals surface area contributed by atoms with E-state index in [2.05, 4.69) is 27.7 Å². The quantitative estimate of drug-likeness (QED) is 0.0396. The first kappa shape index (κ1) is 43.4. The summed E-state index contributed by atoms with van der Waals surface area (Å²) >= 11 is 0. The molecule has 0 amide bonds. The number of esters is 3. The van der Waals surface area contributed by atoms with Crippen LogP contribution >= 0.6 is 0 Å². The highest BCUT2D eigenvalue weighted by molar-refractivity contribution is 5.71. The minimum absolute atomic E-state index is 0.0663. The second kappa shape index (κ2) is 33.8. The summed E-state index contributed by atoms with van der Waals surface area (Å²) in [5.74, 6) is -0.0357. The molecule has 0 aliphatic rings. The second-order valence-corrected chi connectivity index (χ2v) is 13.5. The molecule has 0 spiro atoms. The van der Waals surface area contributed by atoms with E-state index < -0.39 is 6.10 Å². The monoisotopic (exact) mass is 639 g/mol. The van der Waals surface area contributed by atoms with Crippen LogP contribution in [0.15, 0.2) is 0 Å². The Bertz CT molecular complexity index is 678. The molecule has 45 heavy (non-hydrogen) atoms. The molecule has 0 aromatic carbocycles. The summed E-state index contributed by atoms with van der Waals surface area (Å²) in [6, 6.07) is 0. The van der Waals surface area contributed by atoms with Gasteiger partial charge >= 0.3 is 17.9 Å². The van der Waals surface area contributed by atoms with Crippen LogP contribution in [-0.4, -0.2) is 37.2 Å². The summed E-state index contributed by atoms with van der Waals surface area (Å²) in [4.78, 5) is 37.2. The molecule has 0 bridgehead atoms. The molecule has 1 unspecified atom stereocenters. The number of unbranched alkanes of at least 4 members (excludes halogenated alkanes) is 20. The maximum atomic E-state index is 12.6. The first-order chi connectivity index (χ1) is 21.9. The van der Waals surface area contributed by atoms with E-state index in [-0.39, 0.29) is 31.1 Å². The Balaban J connectivity index is 4.29. The zero-order chi connectivity index (χ0) is 33.2. The molecule has 0 saturated heterocycles.